The van der Waals surface area contributed by atoms with E-state index in [2.05, 4.69) is 7.05 Å². The fourth-order valence-electron chi connectivity index (χ4n) is 2.70. The topological polar surface area (TPSA) is 58.2 Å². The first-order valence-corrected chi connectivity index (χ1v) is 9.15. The van der Waals surface area contributed by atoms with Crippen LogP contribution in [-0.2, 0) is 9.59 Å². The molecule has 8 heteroatoms. The Bertz CT molecular complexity index is 664. The highest BCUT2D eigenvalue weighted by Crippen LogP contribution is 2.32. The molecule has 1 aromatic rings. The number of carbonyl (C=O) groups excluding carboxylic acids is 2. The Morgan fingerprint density at radius 2 is 2.21 bits per heavy atom. The lowest BCUT2D eigenvalue weighted by molar-refractivity contribution is -0.883. The standard InChI is InChI=1S/C16H19N3O3S2/c1-17-6-8-18(9-7-17)14(20)4-5-19-15(21)13(24-16(19)23)11-12-3-2-10-22-12/h2-3,10-11H,4-9H2,1H3/p+1/b13-11+. The van der Waals surface area contributed by atoms with Gasteiger partial charge in [-0.15, -0.1) is 0 Å². The van der Waals surface area contributed by atoms with Gasteiger partial charge in [-0.3, -0.25) is 14.5 Å². The minimum atomic E-state index is -0.156. The molecule has 0 atom stereocenters. The molecule has 2 saturated heterocycles. The highest BCUT2D eigenvalue weighted by atomic mass is 32.2. The van der Waals surface area contributed by atoms with Gasteiger partial charge in [-0.2, -0.15) is 0 Å². The van der Waals surface area contributed by atoms with Crippen LogP contribution >= 0.6 is 24.0 Å². The molecule has 1 N–H and O–H groups in total. The smallest absolute Gasteiger partial charge is 0.266 e. The van der Waals surface area contributed by atoms with Crippen LogP contribution in [0.25, 0.3) is 6.08 Å². The summed E-state index contributed by atoms with van der Waals surface area (Å²) in [5.41, 5.74) is 0. The number of likely N-dealkylation sites (N-methyl/N-ethyl adjacent to an activating group) is 1. The van der Waals surface area contributed by atoms with Crippen molar-refractivity contribution in [3.05, 3.63) is 29.1 Å². The molecular formula is C16H20N3O3S2+. The van der Waals surface area contributed by atoms with Gasteiger partial charge in [-0.05, 0) is 12.1 Å². The number of hydrogen-bond donors (Lipinski definition) is 1. The number of nitrogens with one attached hydrogen (secondary N) is 1. The van der Waals surface area contributed by atoms with Crippen LogP contribution in [0, 0.1) is 0 Å². The van der Waals surface area contributed by atoms with Gasteiger partial charge in [-0.25, -0.2) is 0 Å². The second-order valence-electron chi connectivity index (χ2n) is 5.94. The van der Waals surface area contributed by atoms with Crippen LogP contribution in [-0.4, -0.2) is 65.7 Å². The Labute approximate surface area is 150 Å². The van der Waals surface area contributed by atoms with Crippen molar-refractivity contribution in [2.45, 2.75) is 6.42 Å². The molecule has 6 nitrogen and oxygen atoms in total. The number of piperazine rings is 1. The molecule has 0 saturated carbocycles. The van der Waals surface area contributed by atoms with E-state index in [0.29, 0.717) is 28.0 Å². The number of thioether (sulfide) groups is 1. The number of furan rings is 1. The molecule has 0 unspecified atom stereocenters. The van der Waals surface area contributed by atoms with E-state index in [-0.39, 0.29) is 11.8 Å². The van der Waals surface area contributed by atoms with Crippen LogP contribution in [0.1, 0.15) is 12.2 Å². The molecule has 0 aliphatic carbocycles. The average molecular weight is 366 g/mol. The first-order valence-electron chi connectivity index (χ1n) is 7.92. The van der Waals surface area contributed by atoms with E-state index in [0.717, 1.165) is 26.2 Å². The SMILES string of the molecule is C[NH+]1CCN(C(=O)CCN2C(=O)/C(=C\c3ccco3)SC2=S)CC1. The minimum Gasteiger partial charge on any atom is -0.465 e. The van der Waals surface area contributed by atoms with Gasteiger partial charge in [0.25, 0.3) is 5.91 Å². The zero-order valence-corrected chi connectivity index (χ0v) is 15.1. The number of amides is 2. The Kier molecular flexibility index (Phi) is 5.37. The van der Waals surface area contributed by atoms with Crippen molar-refractivity contribution in [2.75, 3.05) is 39.8 Å². The quantitative estimate of drug-likeness (QED) is 0.611. The van der Waals surface area contributed by atoms with Gasteiger partial charge < -0.3 is 14.2 Å². The maximum atomic E-state index is 12.5. The number of rotatable bonds is 4. The van der Waals surface area contributed by atoms with Crippen molar-refractivity contribution < 1.29 is 18.9 Å². The van der Waals surface area contributed by atoms with Crippen molar-refractivity contribution in [3.8, 4) is 0 Å². The third-order valence-corrected chi connectivity index (χ3v) is 5.59. The maximum absolute atomic E-state index is 12.5. The molecule has 0 bridgehead atoms. The monoisotopic (exact) mass is 366 g/mol. The third kappa shape index (κ3) is 3.88. The summed E-state index contributed by atoms with van der Waals surface area (Å²) in [6, 6.07) is 3.55. The van der Waals surface area contributed by atoms with E-state index in [4.69, 9.17) is 16.6 Å². The van der Waals surface area contributed by atoms with E-state index in [1.54, 1.807) is 24.5 Å². The number of nitrogens with zero attached hydrogens (tertiary/aromatic N) is 2. The van der Waals surface area contributed by atoms with Crippen LogP contribution in [0.3, 0.4) is 0 Å². The molecule has 0 aromatic carbocycles. The summed E-state index contributed by atoms with van der Waals surface area (Å²) in [6.07, 6.45) is 3.55. The van der Waals surface area contributed by atoms with Crippen LogP contribution in [0.4, 0.5) is 0 Å². The second kappa shape index (κ2) is 7.50. The maximum Gasteiger partial charge on any atom is 0.266 e. The summed E-state index contributed by atoms with van der Waals surface area (Å²) < 4.78 is 5.73. The second-order valence-corrected chi connectivity index (χ2v) is 7.61. The molecule has 0 radical (unpaired) electrons. The molecule has 3 heterocycles. The lowest BCUT2D eigenvalue weighted by Gasteiger charge is -2.30. The fraction of sp³-hybridized carbons (Fsp3) is 0.438. The molecule has 2 fully saturated rings. The summed E-state index contributed by atoms with van der Waals surface area (Å²) >= 11 is 6.53. The molecule has 2 aliphatic rings. The number of carbonyl (C=O) groups is 2. The summed E-state index contributed by atoms with van der Waals surface area (Å²) in [6.45, 7) is 3.83. The van der Waals surface area contributed by atoms with Gasteiger partial charge in [0, 0.05) is 19.0 Å². The predicted octanol–water partition coefficient (Wildman–Crippen LogP) is 0.228. The van der Waals surface area contributed by atoms with Crippen LogP contribution in [0.5, 0.6) is 0 Å². The number of thiocarbonyl (C=S) groups is 1. The Balaban J connectivity index is 1.56. The molecule has 3 rings (SSSR count). The summed E-state index contributed by atoms with van der Waals surface area (Å²) in [5, 5.41) is 0. The van der Waals surface area contributed by atoms with E-state index < -0.39 is 0 Å². The first kappa shape index (κ1) is 17.2. The molecule has 0 spiro atoms. The number of quaternary nitrogens is 1. The normalized spacial score (nSPS) is 21.1. The molecular weight excluding hydrogens is 346 g/mol. The van der Waals surface area contributed by atoms with Gasteiger partial charge in [0.1, 0.15) is 10.1 Å². The molecule has 128 valence electrons. The van der Waals surface area contributed by atoms with Gasteiger partial charge in [0.05, 0.1) is 44.4 Å². The van der Waals surface area contributed by atoms with Crippen molar-refractivity contribution in [1.82, 2.24) is 9.80 Å². The van der Waals surface area contributed by atoms with Gasteiger partial charge in [-0.1, -0.05) is 24.0 Å². The zero-order chi connectivity index (χ0) is 17.1. The molecule has 1 aromatic heterocycles. The van der Waals surface area contributed by atoms with Gasteiger partial charge >= 0.3 is 0 Å². The van der Waals surface area contributed by atoms with Crippen molar-refractivity contribution in [2.24, 2.45) is 0 Å². The van der Waals surface area contributed by atoms with Crippen LogP contribution in [0.15, 0.2) is 27.7 Å². The third-order valence-electron chi connectivity index (χ3n) is 4.21. The van der Waals surface area contributed by atoms with Crippen LogP contribution in [0.2, 0.25) is 0 Å². The average Bonchev–Trinajstić information content (AvgIpc) is 3.16. The van der Waals surface area contributed by atoms with E-state index in [9.17, 15) is 9.59 Å². The Morgan fingerprint density at radius 3 is 2.88 bits per heavy atom. The fourth-order valence-corrected chi connectivity index (χ4v) is 3.99. The van der Waals surface area contributed by atoms with Crippen molar-refractivity contribution >= 4 is 46.2 Å². The first-order chi connectivity index (χ1) is 11.5. The highest BCUT2D eigenvalue weighted by Gasteiger charge is 2.33. The molecule has 2 amide bonds. The number of hydrogen-bond acceptors (Lipinski definition) is 5. The summed E-state index contributed by atoms with van der Waals surface area (Å²) in [5.74, 6) is 0.551. The van der Waals surface area contributed by atoms with Crippen LogP contribution < -0.4 is 4.90 Å². The van der Waals surface area contributed by atoms with Crippen molar-refractivity contribution in [1.29, 1.82) is 0 Å². The minimum absolute atomic E-state index is 0.0894. The molecule has 2 aliphatic heterocycles. The summed E-state index contributed by atoms with van der Waals surface area (Å²) in [4.78, 5) is 30.1. The lowest BCUT2D eigenvalue weighted by atomic mass is 10.2. The highest BCUT2D eigenvalue weighted by molar-refractivity contribution is 8.26. The van der Waals surface area contributed by atoms with E-state index in [1.807, 2.05) is 4.90 Å². The summed E-state index contributed by atoms with van der Waals surface area (Å²) in [7, 11) is 2.13. The Morgan fingerprint density at radius 1 is 1.46 bits per heavy atom. The predicted molar refractivity (Wildman–Crippen MR) is 96.4 cm³/mol. The van der Waals surface area contributed by atoms with E-state index in [1.165, 1.54) is 21.6 Å². The Hall–Kier alpha value is -1.64. The van der Waals surface area contributed by atoms with Gasteiger partial charge in [0.2, 0.25) is 5.91 Å². The lowest BCUT2D eigenvalue weighted by Crippen LogP contribution is -3.12. The largest absolute Gasteiger partial charge is 0.465 e. The van der Waals surface area contributed by atoms with E-state index >= 15 is 0 Å². The van der Waals surface area contributed by atoms with Gasteiger partial charge in [0.15, 0.2) is 0 Å². The van der Waals surface area contributed by atoms with Crippen molar-refractivity contribution in [3.63, 3.8) is 0 Å². The zero-order valence-electron chi connectivity index (χ0n) is 13.5. The molecule has 24 heavy (non-hydrogen) atoms.